The molecule has 6 nitrogen and oxygen atoms in total. The Bertz CT molecular complexity index is 556. The van der Waals surface area contributed by atoms with Crippen LogP contribution in [-0.2, 0) is 9.53 Å². The molecule has 1 aliphatic rings. The van der Waals surface area contributed by atoms with E-state index < -0.39 is 24.0 Å². The molecule has 1 saturated heterocycles. The summed E-state index contributed by atoms with van der Waals surface area (Å²) in [6, 6.07) is 6.46. The second kappa shape index (κ2) is 5.73. The minimum atomic E-state index is -0.994. The quantitative estimate of drug-likeness (QED) is 0.839. The van der Waals surface area contributed by atoms with Crippen molar-refractivity contribution < 1.29 is 19.1 Å². The van der Waals surface area contributed by atoms with Gasteiger partial charge in [0.1, 0.15) is 0 Å². The summed E-state index contributed by atoms with van der Waals surface area (Å²) in [4.78, 5) is 36.3. The fourth-order valence-electron chi connectivity index (χ4n) is 1.95. The van der Waals surface area contributed by atoms with Gasteiger partial charge in [0.05, 0.1) is 5.56 Å². The zero-order valence-electron chi connectivity index (χ0n) is 11.4. The van der Waals surface area contributed by atoms with Crippen LogP contribution in [0.4, 0.5) is 4.79 Å². The van der Waals surface area contributed by atoms with Gasteiger partial charge >= 0.3 is 12.0 Å². The predicted octanol–water partition coefficient (Wildman–Crippen LogP) is 1.09. The summed E-state index contributed by atoms with van der Waals surface area (Å²) < 4.78 is 5.10. The molecule has 1 fully saturated rings. The number of nitrogens with zero attached hydrogens (tertiary/aromatic N) is 1. The molecular formula is C14H16N2O4. The van der Waals surface area contributed by atoms with Gasteiger partial charge in [0, 0.05) is 13.1 Å². The maximum Gasteiger partial charge on any atom is 0.338 e. The molecule has 0 saturated carbocycles. The third-order valence-corrected chi connectivity index (χ3v) is 3.01. The van der Waals surface area contributed by atoms with Gasteiger partial charge in [0.15, 0.2) is 6.10 Å². The average Bonchev–Trinajstić information content (AvgIpc) is 2.84. The minimum absolute atomic E-state index is 0.296. The van der Waals surface area contributed by atoms with E-state index >= 15 is 0 Å². The Kier molecular flexibility index (Phi) is 4.02. The summed E-state index contributed by atoms with van der Waals surface area (Å²) in [5.41, 5.74) is 1.31. The van der Waals surface area contributed by atoms with E-state index in [4.69, 9.17) is 4.74 Å². The van der Waals surface area contributed by atoms with Crippen molar-refractivity contribution in [3.63, 3.8) is 0 Å². The number of carbonyl (C=O) groups excluding carboxylic acids is 3. The highest BCUT2D eigenvalue weighted by atomic mass is 16.5. The van der Waals surface area contributed by atoms with Gasteiger partial charge in [0.2, 0.25) is 0 Å². The molecule has 2 rings (SSSR count). The van der Waals surface area contributed by atoms with Crippen LogP contribution in [0.15, 0.2) is 24.3 Å². The summed E-state index contributed by atoms with van der Waals surface area (Å²) in [6.07, 6.45) is -0.994. The first kappa shape index (κ1) is 14.0. The molecule has 6 heteroatoms. The van der Waals surface area contributed by atoms with Gasteiger partial charge in [-0.05, 0) is 26.0 Å². The second-order valence-corrected chi connectivity index (χ2v) is 4.64. The van der Waals surface area contributed by atoms with Crippen LogP contribution in [0.3, 0.4) is 0 Å². The van der Waals surface area contributed by atoms with E-state index in [1.54, 1.807) is 18.2 Å². The number of ether oxygens (including phenoxy) is 1. The van der Waals surface area contributed by atoms with E-state index in [1.165, 1.54) is 6.92 Å². The van der Waals surface area contributed by atoms with Crippen LogP contribution in [-0.4, -0.2) is 42.0 Å². The van der Waals surface area contributed by atoms with Gasteiger partial charge in [-0.15, -0.1) is 0 Å². The van der Waals surface area contributed by atoms with Crippen molar-refractivity contribution in [3.05, 3.63) is 35.4 Å². The van der Waals surface area contributed by atoms with Gasteiger partial charge in [0.25, 0.3) is 5.91 Å². The topological polar surface area (TPSA) is 75.7 Å². The lowest BCUT2D eigenvalue weighted by atomic mass is 10.1. The summed E-state index contributed by atoms with van der Waals surface area (Å²) in [5.74, 6) is -1.09. The molecule has 0 radical (unpaired) electrons. The number of aryl methyl sites for hydroxylation is 1. The average molecular weight is 276 g/mol. The Labute approximate surface area is 116 Å². The minimum Gasteiger partial charge on any atom is -0.449 e. The monoisotopic (exact) mass is 276 g/mol. The van der Waals surface area contributed by atoms with E-state index in [0.29, 0.717) is 18.7 Å². The normalized spacial score (nSPS) is 15.7. The number of esters is 1. The fourth-order valence-corrected chi connectivity index (χ4v) is 1.95. The highest BCUT2D eigenvalue weighted by molar-refractivity contribution is 5.99. The molecule has 1 heterocycles. The largest absolute Gasteiger partial charge is 0.449 e. The maximum atomic E-state index is 12.0. The van der Waals surface area contributed by atoms with Gasteiger partial charge in [-0.25, -0.2) is 9.59 Å². The van der Waals surface area contributed by atoms with Crippen molar-refractivity contribution in [2.24, 2.45) is 0 Å². The Morgan fingerprint density at radius 1 is 1.40 bits per heavy atom. The van der Waals surface area contributed by atoms with Crippen molar-refractivity contribution >= 4 is 17.9 Å². The molecule has 1 aliphatic heterocycles. The van der Waals surface area contributed by atoms with Crippen LogP contribution in [0.2, 0.25) is 0 Å². The molecule has 0 aromatic heterocycles. The lowest BCUT2D eigenvalue weighted by Gasteiger charge is -2.18. The molecule has 1 unspecified atom stereocenters. The first-order chi connectivity index (χ1) is 9.49. The second-order valence-electron chi connectivity index (χ2n) is 4.64. The lowest BCUT2D eigenvalue weighted by molar-refractivity contribution is -0.136. The van der Waals surface area contributed by atoms with Gasteiger partial charge in [-0.1, -0.05) is 17.7 Å². The Morgan fingerprint density at radius 3 is 2.75 bits per heavy atom. The van der Waals surface area contributed by atoms with Gasteiger partial charge < -0.3 is 10.1 Å². The number of imide groups is 1. The van der Waals surface area contributed by atoms with Crippen LogP contribution < -0.4 is 5.32 Å². The van der Waals surface area contributed by atoms with E-state index in [-0.39, 0.29) is 0 Å². The van der Waals surface area contributed by atoms with E-state index in [2.05, 4.69) is 5.32 Å². The standard InChI is InChI=1S/C14H16N2O4/c1-9-4-3-5-11(8-9)13(18)20-10(2)12(17)16-7-6-15-14(16)19/h3-5,8,10H,6-7H2,1-2H3,(H,15,19). The molecular weight excluding hydrogens is 260 g/mol. The maximum absolute atomic E-state index is 12.0. The number of benzene rings is 1. The molecule has 3 amide bonds. The highest BCUT2D eigenvalue weighted by Crippen LogP contribution is 2.09. The zero-order chi connectivity index (χ0) is 14.7. The summed E-state index contributed by atoms with van der Waals surface area (Å²) >= 11 is 0. The number of nitrogens with one attached hydrogen (secondary N) is 1. The zero-order valence-corrected chi connectivity index (χ0v) is 11.4. The number of hydrogen-bond donors (Lipinski definition) is 1. The predicted molar refractivity (Wildman–Crippen MR) is 71.2 cm³/mol. The Hall–Kier alpha value is -2.37. The summed E-state index contributed by atoms with van der Waals surface area (Å²) in [6.45, 7) is 4.04. The molecule has 106 valence electrons. The SMILES string of the molecule is Cc1cccc(C(=O)OC(C)C(=O)N2CCNC2=O)c1. The molecule has 1 N–H and O–H groups in total. The lowest BCUT2D eigenvalue weighted by Crippen LogP contribution is -2.41. The van der Waals surface area contributed by atoms with Crippen molar-refractivity contribution in [1.82, 2.24) is 10.2 Å². The van der Waals surface area contributed by atoms with Crippen molar-refractivity contribution in [2.45, 2.75) is 20.0 Å². The molecule has 1 atom stereocenters. The molecule has 1 aromatic rings. The van der Waals surface area contributed by atoms with Gasteiger partial charge in [-0.2, -0.15) is 0 Å². The molecule has 0 bridgehead atoms. The third-order valence-electron chi connectivity index (χ3n) is 3.01. The summed E-state index contributed by atoms with van der Waals surface area (Å²) in [7, 11) is 0. The molecule has 1 aromatic carbocycles. The number of rotatable bonds is 3. The Balaban J connectivity index is 2.00. The molecule has 20 heavy (non-hydrogen) atoms. The smallest absolute Gasteiger partial charge is 0.338 e. The third kappa shape index (κ3) is 2.96. The van der Waals surface area contributed by atoms with Crippen LogP contribution in [0.1, 0.15) is 22.8 Å². The number of hydrogen-bond acceptors (Lipinski definition) is 4. The van der Waals surface area contributed by atoms with Crippen LogP contribution in [0, 0.1) is 6.92 Å². The van der Waals surface area contributed by atoms with E-state index in [1.807, 2.05) is 13.0 Å². The number of urea groups is 1. The number of amides is 3. The summed E-state index contributed by atoms with van der Waals surface area (Å²) in [5, 5.41) is 2.52. The first-order valence-corrected chi connectivity index (χ1v) is 6.36. The first-order valence-electron chi connectivity index (χ1n) is 6.36. The van der Waals surface area contributed by atoms with E-state index in [0.717, 1.165) is 10.5 Å². The molecule has 0 aliphatic carbocycles. The van der Waals surface area contributed by atoms with Crippen molar-refractivity contribution in [2.75, 3.05) is 13.1 Å². The van der Waals surface area contributed by atoms with E-state index in [9.17, 15) is 14.4 Å². The number of carbonyl (C=O) groups is 3. The van der Waals surface area contributed by atoms with Crippen molar-refractivity contribution in [1.29, 1.82) is 0 Å². The van der Waals surface area contributed by atoms with Crippen LogP contribution >= 0.6 is 0 Å². The van der Waals surface area contributed by atoms with Crippen LogP contribution in [0.25, 0.3) is 0 Å². The van der Waals surface area contributed by atoms with Gasteiger partial charge in [-0.3, -0.25) is 9.69 Å². The van der Waals surface area contributed by atoms with Crippen molar-refractivity contribution in [3.8, 4) is 0 Å². The fraction of sp³-hybridized carbons (Fsp3) is 0.357. The highest BCUT2D eigenvalue weighted by Gasteiger charge is 2.31. The molecule has 0 spiro atoms. The Morgan fingerprint density at radius 2 is 2.15 bits per heavy atom. The van der Waals surface area contributed by atoms with Crippen LogP contribution in [0.5, 0.6) is 0 Å².